The van der Waals surface area contributed by atoms with E-state index in [4.69, 9.17) is 0 Å². The Morgan fingerprint density at radius 1 is 1.20 bits per heavy atom. The fourth-order valence-corrected chi connectivity index (χ4v) is 2.29. The van der Waals surface area contributed by atoms with Gasteiger partial charge in [0.15, 0.2) is 0 Å². The Morgan fingerprint density at radius 2 is 1.90 bits per heavy atom. The normalized spacial score (nSPS) is 10.8. The molecule has 0 aliphatic heterocycles. The highest BCUT2D eigenvalue weighted by Gasteiger charge is 2.15. The Balaban J connectivity index is 2.36. The zero-order valence-corrected chi connectivity index (χ0v) is 12.4. The van der Waals surface area contributed by atoms with Gasteiger partial charge in [0.05, 0.1) is 6.61 Å². The third-order valence-corrected chi connectivity index (χ3v) is 3.40. The van der Waals surface area contributed by atoms with Gasteiger partial charge in [-0.1, -0.05) is 30.3 Å². The van der Waals surface area contributed by atoms with Gasteiger partial charge in [-0.25, -0.2) is 0 Å². The third kappa shape index (κ3) is 3.36. The van der Waals surface area contributed by atoms with Crippen molar-refractivity contribution in [3.63, 3.8) is 0 Å². The molecule has 1 aromatic heterocycles. The molecular weight excluding hydrogens is 248 g/mol. The minimum Gasteiger partial charge on any atom is -0.392 e. The summed E-state index contributed by atoms with van der Waals surface area (Å²) in [5, 5.41) is 9.54. The molecule has 1 heterocycles. The van der Waals surface area contributed by atoms with E-state index in [1.54, 1.807) is 6.20 Å². The van der Waals surface area contributed by atoms with Crippen LogP contribution < -0.4 is 4.90 Å². The molecule has 20 heavy (non-hydrogen) atoms. The fraction of sp³-hybridized carbons (Fsp3) is 0.353. The minimum atomic E-state index is 0.0145. The molecule has 0 saturated carbocycles. The molecule has 0 aliphatic carbocycles. The number of hydrogen-bond donors (Lipinski definition) is 1. The van der Waals surface area contributed by atoms with Crippen LogP contribution in [-0.2, 0) is 13.2 Å². The Bertz CT molecular complexity index is 552. The average molecular weight is 270 g/mol. The van der Waals surface area contributed by atoms with Crippen LogP contribution in [0.1, 0.15) is 30.7 Å². The molecule has 0 radical (unpaired) electrons. The van der Waals surface area contributed by atoms with Crippen LogP contribution in [0.2, 0.25) is 0 Å². The average Bonchev–Trinajstić information content (AvgIpc) is 2.45. The largest absolute Gasteiger partial charge is 0.392 e. The second kappa shape index (κ2) is 6.53. The molecule has 0 aliphatic rings. The quantitative estimate of drug-likeness (QED) is 0.905. The third-order valence-electron chi connectivity index (χ3n) is 3.40. The maximum atomic E-state index is 9.54. The lowest BCUT2D eigenvalue weighted by atomic mass is 10.1. The number of anilines is 1. The van der Waals surface area contributed by atoms with Gasteiger partial charge in [-0.15, -0.1) is 0 Å². The molecular formula is C17H22N2O. The van der Waals surface area contributed by atoms with Crippen molar-refractivity contribution in [3.05, 3.63) is 59.4 Å². The Kier molecular flexibility index (Phi) is 4.74. The first kappa shape index (κ1) is 14.5. The van der Waals surface area contributed by atoms with Gasteiger partial charge in [0.2, 0.25) is 0 Å². The maximum absolute atomic E-state index is 9.54. The standard InChI is InChI=1S/C17H22N2O/c1-13(2)19(11-15-7-5-4-6-8-15)17-9-14(3)18-10-16(17)12-20/h4-10,13,20H,11-12H2,1-3H3. The predicted octanol–water partition coefficient (Wildman–Crippen LogP) is 3.30. The Hall–Kier alpha value is -1.87. The van der Waals surface area contributed by atoms with Gasteiger partial charge in [0.1, 0.15) is 0 Å². The van der Waals surface area contributed by atoms with E-state index < -0.39 is 0 Å². The van der Waals surface area contributed by atoms with E-state index in [1.165, 1.54) is 5.56 Å². The van der Waals surface area contributed by atoms with Crippen LogP contribution in [0.25, 0.3) is 0 Å². The van der Waals surface area contributed by atoms with Crippen molar-refractivity contribution >= 4 is 5.69 Å². The van der Waals surface area contributed by atoms with Crippen molar-refractivity contribution in [1.82, 2.24) is 4.98 Å². The number of hydrogen-bond acceptors (Lipinski definition) is 3. The molecule has 0 fully saturated rings. The van der Waals surface area contributed by atoms with Crippen LogP contribution in [0.4, 0.5) is 5.69 Å². The molecule has 0 atom stereocenters. The summed E-state index contributed by atoms with van der Waals surface area (Å²) in [4.78, 5) is 6.57. The van der Waals surface area contributed by atoms with Crippen LogP contribution in [0.15, 0.2) is 42.6 Å². The van der Waals surface area contributed by atoms with Gasteiger partial charge in [-0.05, 0) is 32.4 Å². The van der Waals surface area contributed by atoms with Crippen LogP contribution in [0.5, 0.6) is 0 Å². The maximum Gasteiger partial charge on any atom is 0.0717 e. The fourth-order valence-electron chi connectivity index (χ4n) is 2.29. The van der Waals surface area contributed by atoms with Gasteiger partial charge in [-0.2, -0.15) is 0 Å². The van der Waals surface area contributed by atoms with E-state index in [0.29, 0.717) is 6.04 Å². The second-order valence-electron chi connectivity index (χ2n) is 5.32. The van der Waals surface area contributed by atoms with Gasteiger partial charge in [-0.3, -0.25) is 4.98 Å². The van der Waals surface area contributed by atoms with Gasteiger partial charge >= 0.3 is 0 Å². The van der Waals surface area contributed by atoms with Crippen molar-refractivity contribution in [2.24, 2.45) is 0 Å². The summed E-state index contributed by atoms with van der Waals surface area (Å²) in [5.41, 5.74) is 4.18. The lowest BCUT2D eigenvalue weighted by Gasteiger charge is -2.31. The van der Waals surface area contributed by atoms with E-state index in [1.807, 2.05) is 13.0 Å². The summed E-state index contributed by atoms with van der Waals surface area (Å²) in [5.74, 6) is 0. The monoisotopic (exact) mass is 270 g/mol. The topological polar surface area (TPSA) is 36.4 Å². The summed E-state index contributed by atoms with van der Waals surface area (Å²) >= 11 is 0. The predicted molar refractivity (Wildman–Crippen MR) is 82.7 cm³/mol. The molecule has 1 N–H and O–H groups in total. The summed E-state index contributed by atoms with van der Waals surface area (Å²) in [6, 6.07) is 12.8. The first-order valence-electron chi connectivity index (χ1n) is 6.98. The molecule has 106 valence electrons. The number of benzene rings is 1. The van der Waals surface area contributed by atoms with Crippen LogP contribution >= 0.6 is 0 Å². The lowest BCUT2D eigenvalue weighted by Crippen LogP contribution is -2.31. The van der Waals surface area contributed by atoms with E-state index in [9.17, 15) is 5.11 Å². The SMILES string of the molecule is Cc1cc(N(Cc2ccccc2)C(C)C)c(CO)cn1. The zero-order chi connectivity index (χ0) is 14.5. The van der Waals surface area contributed by atoms with E-state index >= 15 is 0 Å². The van der Waals surface area contributed by atoms with Crippen molar-refractivity contribution in [1.29, 1.82) is 0 Å². The van der Waals surface area contributed by atoms with Crippen LogP contribution in [0.3, 0.4) is 0 Å². The summed E-state index contributed by atoms with van der Waals surface area (Å²) < 4.78 is 0. The highest BCUT2D eigenvalue weighted by Crippen LogP contribution is 2.25. The first-order chi connectivity index (χ1) is 9.61. The molecule has 1 aromatic carbocycles. The number of aromatic nitrogens is 1. The summed E-state index contributed by atoms with van der Waals surface area (Å²) in [7, 11) is 0. The van der Waals surface area contributed by atoms with E-state index in [-0.39, 0.29) is 6.61 Å². The molecule has 0 saturated heterocycles. The molecule has 0 spiro atoms. The first-order valence-corrected chi connectivity index (χ1v) is 6.98. The Labute approximate surface area is 120 Å². The van der Waals surface area contributed by atoms with Crippen molar-refractivity contribution in [2.45, 2.75) is 40.0 Å². The molecule has 0 amide bonds. The zero-order valence-electron chi connectivity index (χ0n) is 12.4. The van der Waals surface area contributed by atoms with Gasteiger partial charge < -0.3 is 10.0 Å². The number of nitrogens with zero attached hydrogens (tertiary/aromatic N) is 2. The number of pyridine rings is 1. The van der Waals surface area contributed by atoms with Crippen LogP contribution in [0, 0.1) is 6.92 Å². The Morgan fingerprint density at radius 3 is 2.50 bits per heavy atom. The van der Waals surface area contributed by atoms with Crippen molar-refractivity contribution in [2.75, 3.05) is 4.90 Å². The molecule has 2 aromatic rings. The van der Waals surface area contributed by atoms with Crippen molar-refractivity contribution < 1.29 is 5.11 Å². The molecule has 0 bridgehead atoms. The number of aryl methyl sites for hydroxylation is 1. The molecule has 2 rings (SSSR count). The van der Waals surface area contributed by atoms with Gasteiger partial charge in [0.25, 0.3) is 0 Å². The summed E-state index contributed by atoms with van der Waals surface area (Å²) in [6.45, 7) is 7.15. The highest BCUT2D eigenvalue weighted by atomic mass is 16.3. The number of rotatable bonds is 5. The second-order valence-corrected chi connectivity index (χ2v) is 5.32. The highest BCUT2D eigenvalue weighted by molar-refractivity contribution is 5.54. The summed E-state index contributed by atoms with van der Waals surface area (Å²) in [6.07, 6.45) is 1.77. The molecule has 3 heteroatoms. The van der Waals surface area contributed by atoms with Crippen molar-refractivity contribution in [3.8, 4) is 0 Å². The smallest absolute Gasteiger partial charge is 0.0717 e. The van der Waals surface area contributed by atoms with E-state index in [2.05, 4.69) is 54.1 Å². The number of aliphatic hydroxyl groups excluding tert-OH is 1. The van der Waals surface area contributed by atoms with Gasteiger partial charge in [0, 0.05) is 35.7 Å². The molecule has 3 nitrogen and oxygen atoms in total. The van der Waals surface area contributed by atoms with Crippen LogP contribution in [-0.4, -0.2) is 16.1 Å². The lowest BCUT2D eigenvalue weighted by molar-refractivity contribution is 0.281. The minimum absolute atomic E-state index is 0.0145. The molecule has 0 unspecified atom stereocenters. The van der Waals surface area contributed by atoms with E-state index in [0.717, 1.165) is 23.5 Å². The number of aliphatic hydroxyl groups is 1.